The van der Waals surface area contributed by atoms with Gasteiger partial charge in [-0.05, 0) is 44.2 Å². The minimum atomic E-state index is -1.29. The van der Waals surface area contributed by atoms with Crippen molar-refractivity contribution in [1.29, 1.82) is 0 Å². The Kier molecular flexibility index (Phi) is 16.0. The van der Waals surface area contributed by atoms with Crippen molar-refractivity contribution in [3.8, 4) is 5.88 Å². The molecule has 0 aliphatic carbocycles. The molecule has 0 spiro atoms. The maximum atomic E-state index is 13.7. The van der Waals surface area contributed by atoms with Crippen LogP contribution in [-0.4, -0.2) is 78.3 Å². The zero-order chi connectivity index (χ0) is 35.6. The van der Waals surface area contributed by atoms with E-state index in [0.29, 0.717) is 50.5 Å². The Morgan fingerprint density at radius 2 is 1.63 bits per heavy atom. The van der Waals surface area contributed by atoms with Crippen LogP contribution < -0.4 is 31.3 Å². The van der Waals surface area contributed by atoms with Crippen LogP contribution in [0.2, 0.25) is 0 Å². The number of amides is 5. The third kappa shape index (κ3) is 12.8. The van der Waals surface area contributed by atoms with Crippen LogP contribution >= 0.6 is 0 Å². The van der Waals surface area contributed by atoms with Gasteiger partial charge in [-0.15, -0.1) is 0 Å². The third-order valence-corrected chi connectivity index (χ3v) is 7.87. The van der Waals surface area contributed by atoms with E-state index in [9.17, 15) is 28.8 Å². The lowest BCUT2D eigenvalue weighted by atomic mass is 9.95. The molecular weight excluding hydrogens is 632 g/mol. The summed E-state index contributed by atoms with van der Waals surface area (Å²) in [6, 6.07) is 10.5. The van der Waals surface area contributed by atoms with Gasteiger partial charge < -0.3 is 36.1 Å². The number of hydrogen-bond donors (Lipinski definition) is 5. The predicted octanol–water partition coefficient (Wildman–Crippen LogP) is 2.10. The lowest BCUT2D eigenvalue weighted by Crippen LogP contribution is -2.57. The number of unbranched alkanes of at least 4 members (excludes halogenated alkanes) is 1. The van der Waals surface area contributed by atoms with Gasteiger partial charge in [-0.3, -0.25) is 24.0 Å². The second-order valence-corrected chi connectivity index (χ2v) is 11.8. The normalized spacial score (nSPS) is 15.6. The van der Waals surface area contributed by atoms with Gasteiger partial charge in [0.15, 0.2) is 0 Å². The van der Waals surface area contributed by atoms with E-state index in [4.69, 9.17) is 9.47 Å². The standard InChI is InChI=1S/C35H48N6O8/c1-4-7-18-36-34(46)30(42)27(20-24-17-19-37-31(24)43)40-32(44)26(12-5-2)39-33(45)28(21-25-15-11-16-29(38-25)48-6-3)41-35(47)49-22-23-13-9-8-10-14-23/h8-11,13-16,24,26-28H,4-7,12,17-22H2,1-3H3,(H,36,46)(H,37,43)(H,39,45)(H,40,44)(H,41,47)/t24-,26-,27-,28-/m0/s1. The number of benzene rings is 1. The first kappa shape index (κ1) is 38.4. The molecule has 1 aliphatic heterocycles. The van der Waals surface area contributed by atoms with Crippen molar-refractivity contribution < 1.29 is 38.2 Å². The van der Waals surface area contributed by atoms with Crippen LogP contribution in [0.15, 0.2) is 48.5 Å². The van der Waals surface area contributed by atoms with E-state index >= 15 is 0 Å². The molecule has 1 saturated heterocycles. The molecule has 1 aromatic carbocycles. The second-order valence-electron chi connectivity index (χ2n) is 11.8. The van der Waals surface area contributed by atoms with Gasteiger partial charge in [0.05, 0.1) is 12.6 Å². The molecule has 0 saturated carbocycles. The number of ketones is 1. The van der Waals surface area contributed by atoms with Gasteiger partial charge >= 0.3 is 6.09 Å². The number of carbonyl (C=O) groups is 6. The molecule has 49 heavy (non-hydrogen) atoms. The minimum Gasteiger partial charge on any atom is -0.478 e. The summed E-state index contributed by atoms with van der Waals surface area (Å²) in [4.78, 5) is 82.9. The van der Waals surface area contributed by atoms with E-state index in [-0.39, 0.29) is 31.8 Å². The molecular formula is C35H48N6O8. The highest BCUT2D eigenvalue weighted by Crippen LogP contribution is 2.17. The summed E-state index contributed by atoms with van der Waals surface area (Å²) in [7, 11) is 0. The smallest absolute Gasteiger partial charge is 0.408 e. The number of nitrogens with one attached hydrogen (secondary N) is 5. The molecule has 2 aromatic rings. The molecule has 1 aliphatic rings. The maximum absolute atomic E-state index is 13.7. The van der Waals surface area contributed by atoms with Crippen LogP contribution in [0.1, 0.15) is 70.6 Å². The van der Waals surface area contributed by atoms with E-state index in [1.54, 1.807) is 30.3 Å². The molecule has 3 rings (SSSR count). The molecule has 4 atom stereocenters. The molecule has 1 fully saturated rings. The second kappa shape index (κ2) is 20.4. The largest absolute Gasteiger partial charge is 0.478 e. The number of nitrogens with zero attached hydrogens (tertiary/aromatic N) is 1. The van der Waals surface area contributed by atoms with Crippen molar-refractivity contribution in [1.82, 2.24) is 31.6 Å². The fourth-order valence-electron chi connectivity index (χ4n) is 5.24. The quantitative estimate of drug-likeness (QED) is 0.103. The first-order chi connectivity index (χ1) is 23.6. The van der Waals surface area contributed by atoms with Crippen molar-refractivity contribution >= 4 is 35.5 Å². The number of ether oxygens (including phenoxy) is 2. The lowest BCUT2D eigenvalue weighted by molar-refractivity contribution is -0.141. The van der Waals surface area contributed by atoms with Crippen LogP contribution in [0.3, 0.4) is 0 Å². The molecule has 1 aromatic heterocycles. The fourth-order valence-corrected chi connectivity index (χ4v) is 5.24. The number of alkyl carbamates (subject to hydrolysis) is 1. The molecule has 14 heteroatoms. The summed E-state index contributed by atoms with van der Waals surface area (Å²) >= 11 is 0. The minimum absolute atomic E-state index is 0.0274. The van der Waals surface area contributed by atoms with Gasteiger partial charge in [0.1, 0.15) is 18.7 Å². The van der Waals surface area contributed by atoms with Crippen molar-refractivity contribution in [2.75, 3.05) is 19.7 Å². The third-order valence-electron chi connectivity index (χ3n) is 7.87. The zero-order valence-corrected chi connectivity index (χ0v) is 28.4. The number of Topliss-reactive ketones (excluding diaryl/α,β-unsaturated/α-hetero) is 1. The first-order valence-corrected chi connectivity index (χ1v) is 16.9. The molecule has 0 bridgehead atoms. The topological polar surface area (TPSA) is 194 Å². The zero-order valence-electron chi connectivity index (χ0n) is 28.4. The highest BCUT2D eigenvalue weighted by molar-refractivity contribution is 6.38. The Labute approximate surface area is 286 Å². The van der Waals surface area contributed by atoms with Crippen molar-refractivity contribution in [2.24, 2.45) is 5.92 Å². The summed E-state index contributed by atoms with van der Waals surface area (Å²) in [6.07, 6.45) is 1.64. The average molecular weight is 681 g/mol. The van der Waals surface area contributed by atoms with Crippen molar-refractivity contribution in [3.05, 3.63) is 59.8 Å². The summed E-state index contributed by atoms with van der Waals surface area (Å²) < 4.78 is 10.8. The fraction of sp³-hybridized carbons (Fsp3) is 0.514. The molecule has 5 amide bonds. The van der Waals surface area contributed by atoms with E-state index in [0.717, 1.165) is 12.0 Å². The van der Waals surface area contributed by atoms with Crippen molar-refractivity contribution in [3.63, 3.8) is 0 Å². The van der Waals surface area contributed by atoms with Gasteiger partial charge in [0, 0.05) is 37.2 Å². The van der Waals surface area contributed by atoms with E-state index in [2.05, 4.69) is 31.6 Å². The number of carbonyl (C=O) groups excluding carboxylic acids is 6. The van der Waals surface area contributed by atoms with Gasteiger partial charge in [0.25, 0.3) is 5.91 Å². The molecule has 266 valence electrons. The van der Waals surface area contributed by atoms with Crippen LogP contribution in [0, 0.1) is 5.92 Å². The lowest BCUT2D eigenvalue weighted by Gasteiger charge is -2.25. The predicted molar refractivity (Wildman–Crippen MR) is 180 cm³/mol. The molecule has 2 heterocycles. The molecule has 0 unspecified atom stereocenters. The number of pyridine rings is 1. The number of rotatable bonds is 20. The molecule has 0 radical (unpaired) electrons. The maximum Gasteiger partial charge on any atom is 0.408 e. The van der Waals surface area contributed by atoms with Gasteiger partial charge in [-0.25, -0.2) is 9.78 Å². The van der Waals surface area contributed by atoms with E-state index in [1.165, 1.54) is 0 Å². The van der Waals surface area contributed by atoms with Crippen LogP contribution in [0.5, 0.6) is 5.88 Å². The van der Waals surface area contributed by atoms with Gasteiger partial charge in [0.2, 0.25) is 29.4 Å². The average Bonchev–Trinajstić information content (AvgIpc) is 3.50. The van der Waals surface area contributed by atoms with Crippen LogP contribution in [-0.2, 0) is 41.7 Å². The Hall–Kier alpha value is -5.01. The monoisotopic (exact) mass is 680 g/mol. The van der Waals surface area contributed by atoms with Gasteiger partial charge in [-0.1, -0.05) is 63.1 Å². The summed E-state index contributed by atoms with van der Waals surface area (Å²) in [6.45, 7) is 6.66. The highest BCUT2D eigenvalue weighted by atomic mass is 16.5. The van der Waals surface area contributed by atoms with Crippen LogP contribution in [0.4, 0.5) is 4.79 Å². The van der Waals surface area contributed by atoms with E-state index in [1.807, 2.05) is 39.0 Å². The van der Waals surface area contributed by atoms with Gasteiger partial charge in [-0.2, -0.15) is 0 Å². The summed E-state index contributed by atoms with van der Waals surface area (Å²) in [5.74, 6) is -3.59. The number of hydrogen-bond acceptors (Lipinski definition) is 9. The van der Waals surface area contributed by atoms with Crippen molar-refractivity contribution in [2.45, 2.75) is 90.4 Å². The SMILES string of the molecule is CCCCNC(=O)C(=O)[C@H](C[C@@H]1CCNC1=O)NC(=O)[C@H](CCC)NC(=O)[C@H](Cc1cccc(OCC)n1)NC(=O)OCc1ccccc1. The van der Waals surface area contributed by atoms with E-state index < -0.39 is 53.6 Å². The van der Waals surface area contributed by atoms with Crippen LogP contribution in [0.25, 0.3) is 0 Å². The highest BCUT2D eigenvalue weighted by Gasteiger charge is 2.36. The Balaban J connectivity index is 1.78. The summed E-state index contributed by atoms with van der Waals surface area (Å²) in [5, 5.41) is 13.2. The first-order valence-electron chi connectivity index (χ1n) is 16.9. The summed E-state index contributed by atoms with van der Waals surface area (Å²) in [5.41, 5.74) is 1.20. The molecule has 14 nitrogen and oxygen atoms in total. The Bertz CT molecular complexity index is 1420. The molecule has 5 N–H and O–H groups in total. The number of aromatic nitrogens is 1. The Morgan fingerprint density at radius 1 is 0.898 bits per heavy atom. The Morgan fingerprint density at radius 3 is 2.31 bits per heavy atom.